The van der Waals surface area contributed by atoms with Crippen LogP contribution < -0.4 is 0 Å². The maximum absolute atomic E-state index is 13.5. The molecule has 0 unspecified atom stereocenters. The lowest BCUT2D eigenvalue weighted by Crippen LogP contribution is -2.26. The average Bonchev–Trinajstić information content (AvgIpc) is 3.00. The van der Waals surface area contributed by atoms with Crippen LogP contribution in [-0.4, -0.2) is 16.1 Å². The Hall–Kier alpha value is -2.88. The first-order valence-corrected chi connectivity index (χ1v) is 9.53. The molecule has 28 heavy (non-hydrogen) atoms. The largest absolute Gasteiger partial charge is 0.455 e. The van der Waals surface area contributed by atoms with Gasteiger partial charge in [0, 0.05) is 18.3 Å². The molecule has 3 aromatic rings. The highest BCUT2D eigenvalue weighted by atomic mass is 19.1. The van der Waals surface area contributed by atoms with Gasteiger partial charge in [0.05, 0.1) is 0 Å². The fourth-order valence-electron chi connectivity index (χ4n) is 3.27. The van der Waals surface area contributed by atoms with Crippen molar-refractivity contribution in [2.45, 2.75) is 46.3 Å². The molecule has 3 rings (SSSR count). The lowest BCUT2D eigenvalue weighted by Gasteiger charge is -2.21. The second kappa shape index (κ2) is 8.01. The summed E-state index contributed by atoms with van der Waals surface area (Å²) in [6, 6.07) is 16.3. The number of hydrogen-bond donors (Lipinski definition) is 0. The van der Waals surface area contributed by atoms with Gasteiger partial charge >= 0.3 is 5.97 Å². The smallest absolute Gasteiger partial charge is 0.356 e. The molecular weight excluding hydrogens is 353 g/mol. The highest BCUT2D eigenvalue weighted by molar-refractivity contribution is 5.97. The molecule has 0 aliphatic rings. The van der Waals surface area contributed by atoms with Crippen LogP contribution in [0.4, 0.5) is 4.39 Å². The van der Waals surface area contributed by atoms with Crippen LogP contribution in [0.1, 0.15) is 49.3 Å². The van der Waals surface area contributed by atoms with Gasteiger partial charge in [0.2, 0.25) is 0 Å². The van der Waals surface area contributed by atoms with Crippen molar-refractivity contribution in [2.24, 2.45) is 0 Å². The summed E-state index contributed by atoms with van der Waals surface area (Å²) in [7, 11) is 0. The number of ether oxygens (including phenoxy) is 1. The minimum Gasteiger partial charge on any atom is -0.455 e. The van der Waals surface area contributed by atoms with Crippen LogP contribution in [0, 0.1) is 5.82 Å². The van der Waals surface area contributed by atoms with Crippen molar-refractivity contribution in [3.05, 3.63) is 83.4 Å². The third kappa shape index (κ3) is 4.50. The molecule has 0 bridgehead atoms. The molecule has 0 aliphatic heterocycles. The summed E-state index contributed by atoms with van der Waals surface area (Å²) >= 11 is 0. The number of benzene rings is 2. The summed E-state index contributed by atoms with van der Waals surface area (Å²) in [5.74, 6) is -0.674. The Morgan fingerprint density at radius 2 is 1.68 bits per heavy atom. The Labute approximate surface area is 165 Å². The summed E-state index contributed by atoms with van der Waals surface area (Å²) in [4.78, 5) is 13.1. The molecule has 0 radical (unpaired) electrons. The fraction of sp³-hybridized carbons (Fsp3) is 0.292. The molecule has 0 saturated carbocycles. The van der Waals surface area contributed by atoms with E-state index in [9.17, 15) is 9.18 Å². The number of halogens is 1. The second-order valence-corrected chi connectivity index (χ2v) is 7.85. The van der Waals surface area contributed by atoms with E-state index < -0.39 is 5.60 Å². The van der Waals surface area contributed by atoms with Gasteiger partial charge in [-0.2, -0.15) is 0 Å². The average molecular weight is 379 g/mol. The zero-order chi connectivity index (χ0) is 20.3. The van der Waals surface area contributed by atoms with Gasteiger partial charge in [-0.1, -0.05) is 49.4 Å². The number of aryl methyl sites for hydroxylation is 1. The minimum atomic E-state index is -0.606. The first-order chi connectivity index (χ1) is 13.3. The molecule has 0 spiro atoms. The molecule has 0 aliphatic carbocycles. The van der Waals surface area contributed by atoms with Gasteiger partial charge in [-0.25, -0.2) is 9.18 Å². The number of hydrogen-bond acceptors (Lipinski definition) is 2. The number of esters is 1. The fourth-order valence-corrected chi connectivity index (χ4v) is 3.27. The quantitative estimate of drug-likeness (QED) is 0.520. The van der Waals surface area contributed by atoms with E-state index in [1.165, 1.54) is 12.1 Å². The van der Waals surface area contributed by atoms with Crippen molar-refractivity contribution in [1.29, 1.82) is 0 Å². The van der Waals surface area contributed by atoms with Crippen LogP contribution in [0.15, 0.2) is 60.8 Å². The van der Waals surface area contributed by atoms with Gasteiger partial charge < -0.3 is 9.30 Å². The Bertz CT molecular complexity index is 951. The molecule has 0 atom stereocenters. The summed E-state index contributed by atoms with van der Waals surface area (Å²) < 4.78 is 21.1. The molecule has 146 valence electrons. The van der Waals surface area contributed by atoms with Gasteiger partial charge in [0.1, 0.15) is 17.1 Å². The van der Waals surface area contributed by atoms with Crippen molar-refractivity contribution in [1.82, 2.24) is 4.57 Å². The molecule has 1 heterocycles. The van der Waals surface area contributed by atoms with Crippen LogP contribution in [0.3, 0.4) is 0 Å². The van der Waals surface area contributed by atoms with E-state index >= 15 is 0 Å². The van der Waals surface area contributed by atoms with Crippen LogP contribution in [-0.2, 0) is 17.7 Å². The first-order valence-electron chi connectivity index (χ1n) is 9.53. The molecule has 2 aromatic carbocycles. The monoisotopic (exact) mass is 379 g/mol. The summed E-state index contributed by atoms with van der Waals surface area (Å²) in [6.07, 6.45) is 2.76. The Morgan fingerprint density at radius 1 is 1.04 bits per heavy atom. The second-order valence-electron chi connectivity index (χ2n) is 7.85. The number of nitrogens with zero attached hydrogens (tertiary/aromatic N) is 1. The minimum absolute atomic E-state index is 0.302. The summed E-state index contributed by atoms with van der Waals surface area (Å²) in [5.41, 5.74) is 3.64. The SMILES string of the molecule is CCc1cn(Cc2ccccc2)c(C(=O)OC(C)(C)C)c1-c1ccc(F)cc1. The molecule has 1 aromatic heterocycles. The van der Waals surface area contributed by atoms with E-state index in [-0.39, 0.29) is 11.8 Å². The lowest BCUT2D eigenvalue weighted by atomic mass is 10.00. The zero-order valence-electron chi connectivity index (χ0n) is 16.8. The van der Waals surface area contributed by atoms with E-state index in [2.05, 4.69) is 0 Å². The maximum atomic E-state index is 13.5. The predicted molar refractivity (Wildman–Crippen MR) is 110 cm³/mol. The third-order valence-corrected chi connectivity index (χ3v) is 4.46. The van der Waals surface area contributed by atoms with Crippen LogP contribution >= 0.6 is 0 Å². The van der Waals surface area contributed by atoms with Crippen LogP contribution in [0.25, 0.3) is 11.1 Å². The Balaban J connectivity index is 2.16. The standard InChI is InChI=1S/C24H26FNO2/c1-5-18-16-26(15-17-9-7-6-8-10-17)22(23(27)28-24(2,3)4)21(18)19-11-13-20(25)14-12-19/h6-14,16H,5,15H2,1-4H3. The van der Waals surface area contributed by atoms with Gasteiger partial charge in [-0.15, -0.1) is 0 Å². The number of carbonyl (C=O) groups is 1. The van der Waals surface area contributed by atoms with Gasteiger partial charge in [-0.3, -0.25) is 0 Å². The molecule has 0 saturated heterocycles. The summed E-state index contributed by atoms with van der Waals surface area (Å²) in [5, 5.41) is 0. The highest BCUT2D eigenvalue weighted by Crippen LogP contribution is 2.32. The highest BCUT2D eigenvalue weighted by Gasteiger charge is 2.27. The molecular formula is C24H26FNO2. The molecule has 4 heteroatoms. The molecule has 0 N–H and O–H groups in total. The van der Waals surface area contributed by atoms with Crippen LogP contribution in [0.5, 0.6) is 0 Å². The molecule has 3 nitrogen and oxygen atoms in total. The maximum Gasteiger partial charge on any atom is 0.356 e. The molecule has 0 amide bonds. The summed E-state index contributed by atoms with van der Waals surface area (Å²) in [6.45, 7) is 8.17. The van der Waals surface area contributed by atoms with Crippen molar-refractivity contribution >= 4 is 5.97 Å². The normalized spacial score (nSPS) is 11.5. The third-order valence-electron chi connectivity index (χ3n) is 4.46. The number of rotatable bonds is 5. The topological polar surface area (TPSA) is 31.2 Å². The number of carbonyl (C=O) groups excluding carboxylic acids is 1. The van der Waals surface area contributed by atoms with E-state index in [4.69, 9.17) is 4.74 Å². The van der Waals surface area contributed by atoms with E-state index in [1.807, 2.05) is 68.8 Å². The van der Waals surface area contributed by atoms with Crippen molar-refractivity contribution < 1.29 is 13.9 Å². The predicted octanol–water partition coefficient (Wildman–Crippen LogP) is 5.86. The lowest BCUT2D eigenvalue weighted by molar-refractivity contribution is 0.00592. The van der Waals surface area contributed by atoms with Crippen molar-refractivity contribution in [3.63, 3.8) is 0 Å². The van der Waals surface area contributed by atoms with Gasteiger partial charge in [-0.05, 0) is 56.0 Å². The van der Waals surface area contributed by atoms with Crippen molar-refractivity contribution in [2.75, 3.05) is 0 Å². The van der Waals surface area contributed by atoms with Gasteiger partial charge in [0.15, 0.2) is 0 Å². The van der Waals surface area contributed by atoms with Crippen LogP contribution in [0.2, 0.25) is 0 Å². The van der Waals surface area contributed by atoms with E-state index in [1.54, 1.807) is 12.1 Å². The van der Waals surface area contributed by atoms with Crippen molar-refractivity contribution in [3.8, 4) is 11.1 Å². The van der Waals surface area contributed by atoms with Gasteiger partial charge in [0.25, 0.3) is 0 Å². The number of aromatic nitrogens is 1. The van der Waals surface area contributed by atoms with E-state index in [0.717, 1.165) is 28.7 Å². The van der Waals surface area contributed by atoms with E-state index in [0.29, 0.717) is 12.2 Å². The molecule has 0 fully saturated rings. The zero-order valence-corrected chi connectivity index (χ0v) is 16.8. The first kappa shape index (κ1) is 19.9. The Kier molecular flexibility index (Phi) is 5.68. The Morgan fingerprint density at radius 3 is 2.25 bits per heavy atom.